The van der Waals surface area contributed by atoms with E-state index in [0.29, 0.717) is 27.9 Å². The van der Waals surface area contributed by atoms with Crippen LogP contribution in [0.1, 0.15) is 5.56 Å². The molecule has 0 saturated carbocycles. The van der Waals surface area contributed by atoms with E-state index in [2.05, 4.69) is 11.1 Å². The van der Waals surface area contributed by atoms with Crippen LogP contribution in [0.3, 0.4) is 0 Å². The average Bonchev–Trinajstić information content (AvgIpc) is 3.33. The number of halogens is 1. The summed E-state index contributed by atoms with van der Waals surface area (Å²) in [5.74, 6) is -0.819. The summed E-state index contributed by atoms with van der Waals surface area (Å²) >= 11 is 0. The van der Waals surface area contributed by atoms with Gasteiger partial charge in [0.1, 0.15) is 40.5 Å². The van der Waals surface area contributed by atoms with Gasteiger partial charge in [-0.2, -0.15) is 5.26 Å². The van der Waals surface area contributed by atoms with E-state index in [1.54, 1.807) is 12.1 Å². The van der Waals surface area contributed by atoms with Crippen molar-refractivity contribution in [2.75, 3.05) is 0 Å². The zero-order chi connectivity index (χ0) is 25.7. The molecule has 2 heterocycles. The molecule has 0 atom stereocenters. The molecule has 166 valence electrons. The lowest BCUT2D eigenvalue weighted by Crippen LogP contribution is -2.38. The number of furan rings is 1. The normalized spacial score (nSPS) is 11.1. The second-order valence-electron chi connectivity index (χ2n) is 8.69. The van der Waals surface area contributed by atoms with Gasteiger partial charge in [0.2, 0.25) is 0 Å². The second kappa shape index (κ2) is 8.83. The van der Waals surface area contributed by atoms with Gasteiger partial charge >= 0.3 is 0 Å². The molecule has 0 aliphatic carbocycles. The quantitative estimate of drug-likeness (QED) is 0.362. The van der Waals surface area contributed by atoms with E-state index in [1.807, 2.05) is 72.8 Å². The lowest BCUT2D eigenvalue weighted by Gasteiger charge is -2.12. The van der Waals surface area contributed by atoms with E-state index in [1.165, 1.54) is 0 Å². The van der Waals surface area contributed by atoms with Gasteiger partial charge in [0, 0.05) is 21.9 Å². The number of hydrogen-bond donors (Lipinski definition) is 0. The minimum absolute atomic E-state index is 0.141. The highest BCUT2D eigenvalue weighted by Gasteiger charge is 2.21. The molecule has 0 fully saturated rings. The molecule has 0 N–H and O–H groups in total. The van der Waals surface area contributed by atoms with Crippen LogP contribution in [0.2, 0.25) is 0 Å². The SMILES string of the molecule is [B]c1nc(-c2cccc3c2oc2c(-c4cccc(-c5ccccc5)c4)c(C#N)ccc23)c([B])c(F)c1[B]. The Morgan fingerprint density at radius 3 is 2.22 bits per heavy atom. The zero-order valence-electron chi connectivity index (χ0n) is 19.5. The molecule has 3 nitrogen and oxygen atoms in total. The molecule has 0 unspecified atom stereocenters. The van der Waals surface area contributed by atoms with Gasteiger partial charge in [-0.05, 0) is 52.0 Å². The predicted molar refractivity (Wildman–Crippen MR) is 149 cm³/mol. The maximum Gasteiger partial charge on any atom is 0.144 e. The second-order valence-corrected chi connectivity index (χ2v) is 8.69. The van der Waals surface area contributed by atoms with Crippen LogP contribution < -0.4 is 16.5 Å². The Balaban J connectivity index is 1.64. The molecule has 7 heteroatoms. The topological polar surface area (TPSA) is 49.8 Å². The van der Waals surface area contributed by atoms with Gasteiger partial charge in [0.25, 0.3) is 0 Å². The van der Waals surface area contributed by atoms with Crippen LogP contribution in [0.25, 0.3) is 55.4 Å². The van der Waals surface area contributed by atoms with Crippen molar-refractivity contribution in [1.29, 1.82) is 5.26 Å². The van der Waals surface area contributed by atoms with Gasteiger partial charge in [-0.3, -0.25) is 4.98 Å². The van der Waals surface area contributed by atoms with Crippen molar-refractivity contribution in [3.63, 3.8) is 0 Å². The standard InChI is InChI=1S/C30H14B3FN2O/c31-24-26(34)25(32)30(33)36-27(24)22-11-5-10-20-21-13-12-19(15-35)23(29(21)37-28(20)22)18-9-4-8-17(14-18)16-6-2-1-3-7-16/h1-14H. The molecule has 0 spiro atoms. The average molecular weight is 470 g/mol. The summed E-state index contributed by atoms with van der Waals surface area (Å²) in [5, 5.41) is 11.5. The number of nitrogens with zero attached hydrogens (tertiary/aromatic N) is 2. The van der Waals surface area contributed by atoms with Crippen LogP contribution in [0.4, 0.5) is 4.39 Å². The van der Waals surface area contributed by atoms with Crippen LogP contribution in [0, 0.1) is 17.1 Å². The first kappa shape index (κ1) is 22.9. The lowest BCUT2D eigenvalue weighted by atomic mass is 9.78. The van der Waals surface area contributed by atoms with Crippen LogP contribution in [0.5, 0.6) is 0 Å². The fraction of sp³-hybridized carbons (Fsp3) is 0. The van der Waals surface area contributed by atoms with Crippen molar-refractivity contribution in [1.82, 2.24) is 4.98 Å². The minimum Gasteiger partial charge on any atom is -0.455 e. The fourth-order valence-electron chi connectivity index (χ4n) is 4.72. The summed E-state index contributed by atoms with van der Waals surface area (Å²) in [6.07, 6.45) is 0. The molecule has 0 saturated heterocycles. The highest BCUT2D eigenvalue weighted by atomic mass is 19.1. The number of para-hydroxylation sites is 1. The van der Waals surface area contributed by atoms with E-state index in [-0.39, 0.29) is 22.2 Å². The molecular weight excluding hydrogens is 456 g/mol. The maximum atomic E-state index is 14.7. The number of hydrogen-bond acceptors (Lipinski definition) is 3. The number of aromatic nitrogens is 1. The van der Waals surface area contributed by atoms with Crippen molar-refractivity contribution in [3.8, 4) is 39.6 Å². The molecule has 6 aromatic rings. The molecular formula is C30H14B3FN2O. The van der Waals surface area contributed by atoms with Crippen molar-refractivity contribution >= 4 is 62.0 Å². The molecule has 0 bridgehead atoms. The Bertz CT molecular complexity index is 1890. The monoisotopic (exact) mass is 470 g/mol. The predicted octanol–water partition coefficient (Wildman–Crippen LogP) is 4.37. The summed E-state index contributed by atoms with van der Waals surface area (Å²) in [6, 6.07) is 29.3. The Morgan fingerprint density at radius 2 is 1.43 bits per heavy atom. The Hall–Kier alpha value is -4.56. The Kier molecular flexibility index (Phi) is 5.46. The molecule has 37 heavy (non-hydrogen) atoms. The highest BCUT2D eigenvalue weighted by molar-refractivity contribution is 6.50. The van der Waals surface area contributed by atoms with E-state index in [0.717, 1.165) is 27.5 Å². The molecule has 6 radical (unpaired) electrons. The number of nitriles is 1. The molecule has 0 amide bonds. The van der Waals surface area contributed by atoms with Crippen molar-refractivity contribution < 1.29 is 8.81 Å². The first-order valence-corrected chi connectivity index (χ1v) is 11.5. The van der Waals surface area contributed by atoms with Gasteiger partial charge in [0.15, 0.2) is 0 Å². The maximum absolute atomic E-state index is 14.7. The summed E-state index contributed by atoms with van der Waals surface area (Å²) in [5.41, 5.74) is 5.00. The molecule has 2 aromatic heterocycles. The number of pyridine rings is 1. The Labute approximate surface area is 216 Å². The van der Waals surface area contributed by atoms with Crippen LogP contribution in [-0.4, -0.2) is 28.5 Å². The smallest absolute Gasteiger partial charge is 0.144 e. The molecule has 0 aliphatic rings. The van der Waals surface area contributed by atoms with Crippen molar-refractivity contribution in [3.05, 3.63) is 96.3 Å². The largest absolute Gasteiger partial charge is 0.455 e. The van der Waals surface area contributed by atoms with Crippen LogP contribution in [0.15, 0.2) is 89.3 Å². The molecule has 6 rings (SSSR count). The number of fused-ring (bicyclic) bond motifs is 3. The molecule has 4 aromatic carbocycles. The lowest BCUT2D eigenvalue weighted by molar-refractivity contribution is 0.644. The molecule has 0 aliphatic heterocycles. The third kappa shape index (κ3) is 3.65. The van der Waals surface area contributed by atoms with Gasteiger partial charge in [-0.1, -0.05) is 66.1 Å². The summed E-state index contributed by atoms with van der Waals surface area (Å²) in [7, 11) is 17.6. The first-order chi connectivity index (χ1) is 18.0. The Morgan fingerprint density at radius 1 is 0.730 bits per heavy atom. The number of benzene rings is 4. The zero-order valence-corrected chi connectivity index (χ0v) is 19.5. The van der Waals surface area contributed by atoms with Crippen LogP contribution >= 0.6 is 0 Å². The van der Waals surface area contributed by atoms with Gasteiger partial charge < -0.3 is 4.42 Å². The summed E-state index contributed by atoms with van der Waals surface area (Å²) in [4.78, 5) is 4.26. The van der Waals surface area contributed by atoms with E-state index >= 15 is 0 Å². The summed E-state index contributed by atoms with van der Waals surface area (Å²) in [6.45, 7) is 0. The summed E-state index contributed by atoms with van der Waals surface area (Å²) < 4.78 is 21.1. The van der Waals surface area contributed by atoms with E-state index in [4.69, 9.17) is 28.0 Å². The van der Waals surface area contributed by atoms with Crippen LogP contribution in [-0.2, 0) is 0 Å². The van der Waals surface area contributed by atoms with E-state index < -0.39 is 5.82 Å². The minimum atomic E-state index is -0.819. The fourth-order valence-corrected chi connectivity index (χ4v) is 4.72. The third-order valence-corrected chi connectivity index (χ3v) is 6.54. The van der Waals surface area contributed by atoms with Gasteiger partial charge in [-0.15, -0.1) is 0 Å². The van der Waals surface area contributed by atoms with Gasteiger partial charge in [-0.25, -0.2) is 4.39 Å². The first-order valence-electron chi connectivity index (χ1n) is 11.5. The number of rotatable bonds is 3. The van der Waals surface area contributed by atoms with E-state index in [9.17, 15) is 9.65 Å². The third-order valence-electron chi connectivity index (χ3n) is 6.54. The van der Waals surface area contributed by atoms with Crippen molar-refractivity contribution in [2.24, 2.45) is 0 Å². The van der Waals surface area contributed by atoms with Gasteiger partial charge in [0.05, 0.1) is 17.3 Å². The highest BCUT2D eigenvalue weighted by Crippen LogP contribution is 2.41. The van der Waals surface area contributed by atoms with Crippen molar-refractivity contribution in [2.45, 2.75) is 0 Å².